The van der Waals surface area contributed by atoms with E-state index in [-0.39, 0.29) is 22.8 Å². The molecule has 2 nitrogen and oxygen atoms in total. The first-order valence-electron chi connectivity index (χ1n) is 10.2. The predicted octanol–water partition coefficient (Wildman–Crippen LogP) is 4.77. The van der Waals surface area contributed by atoms with E-state index in [2.05, 4.69) is 26.8 Å². The molecule has 0 saturated heterocycles. The Labute approximate surface area is 151 Å². The lowest BCUT2D eigenvalue weighted by molar-refractivity contribution is -0.0460. The molecule has 25 heavy (non-hydrogen) atoms. The van der Waals surface area contributed by atoms with Crippen LogP contribution in [0.3, 0.4) is 0 Å². The van der Waals surface area contributed by atoms with Crippen LogP contribution in [0.5, 0.6) is 0 Å². The maximum atomic E-state index is 14.4. The third kappa shape index (κ3) is 2.41. The SMILES string of the molecule is C[C@@H]1C=C2C[C@@H](O)CC[C@]2(C)[C@H]2CC[C@]3(C)C(=C(F)CO)CC[C@H]3[C@H]12. The molecule has 0 radical (unpaired) electrons. The highest BCUT2D eigenvalue weighted by Crippen LogP contribution is 2.67. The summed E-state index contributed by atoms with van der Waals surface area (Å²) in [6.07, 6.45) is 9.20. The molecule has 3 heteroatoms. The Morgan fingerprint density at radius 1 is 1.16 bits per heavy atom. The van der Waals surface area contributed by atoms with Gasteiger partial charge in [-0.3, -0.25) is 0 Å². The summed E-state index contributed by atoms with van der Waals surface area (Å²) in [5.41, 5.74) is 2.54. The molecule has 0 aromatic rings. The van der Waals surface area contributed by atoms with Gasteiger partial charge in [0.25, 0.3) is 0 Å². The molecule has 4 aliphatic rings. The van der Waals surface area contributed by atoms with Crippen LogP contribution in [0.15, 0.2) is 23.0 Å². The summed E-state index contributed by atoms with van der Waals surface area (Å²) in [5.74, 6) is 2.01. The molecular formula is C22H33FO2. The van der Waals surface area contributed by atoms with Crippen molar-refractivity contribution >= 4 is 0 Å². The zero-order valence-corrected chi connectivity index (χ0v) is 15.9. The molecule has 4 aliphatic carbocycles. The van der Waals surface area contributed by atoms with Crippen LogP contribution < -0.4 is 0 Å². The molecule has 0 unspecified atom stereocenters. The molecule has 0 aliphatic heterocycles. The van der Waals surface area contributed by atoms with E-state index in [1.807, 2.05) is 0 Å². The lowest BCUT2D eigenvalue weighted by Crippen LogP contribution is -2.52. The fourth-order valence-corrected chi connectivity index (χ4v) is 7.35. The van der Waals surface area contributed by atoms with E-state index in [1.54, 1.807) is 0 Å². The van der Waals surface area contributed by atoms with Gasteiger partial charge < -0.3 is 10.2 Å². The molecule has 4 rings (SSSR count). The van der Waals surface area contributed by atoms with E-state index in [1.165, 1.54) is 5.57 Å². The van der Waals surface area contributed by atoms with Gasteiger partial charge in [0, 0.05) is 0 Å². The van der Waals surface area contributed by atoms with Crippen LogP contribution in [-0.2, 0) is 0 Å². The van der Waals surface area contributed by atoms with Crippen molar-refractivity contribution in [3.63, 3.8) is 0 Å². The Hall–Kier alpha value is -0.670. The van der Waals surface area contributed by atoms with E-state index < -0.39 is 6.61 Å². The molecule has 140 valence electrons. The summed E-state index contributed by atoms with van der Waals surface area (Å²) in [6, 6.07) is 0. The van der Waals surface area contributed by atoms with Crippen molar-refractivity contribution in [1.29, 1.82) is 0 Å². The number of aliphatic hydroxyl groups excluding tert-OH is 2. The lowest BCUT2D eigenvalue weighted by atomic mass is 9.46. The highest BCUT2D eigenvalue weighted by molar-refractivity contribution is 5.31. The van der Waals surface area contributed by atoms with Crippen molar-refractivity contribution in [3.8, 4) is 0 Å². The number of fused-ring (bicyclic) bond motifs is 5. The molecule has 0 amide bonds. The number of hydrogen-bond acceptors (Lipinski definition) is 2. The van der Waals surface area contributed by atoms with Gasteiger partial charge in [0.15, 0.2) is 0 Å². The number of hydrogen-bond donors (Lipinski definition) is 2. The van der Waals surface area contributed by atoms with Gasteiger partial charge in [0.2, 0.25) is 0 Å². The van der Waals surface area contributed by atoms with Gasteiger partial charge in [-0.2, -0.15) is 0 Å². The van der Waals surface area contributed by atoms with Gasteiger partial charge in [-0.1, -0.05) is 32.4 Å². The zero-order chi connectivity index (χ0) is 18.0. The first-order chi connectivity index (χ1) is 11.8. The average Bonchev–Trinajstić information content (AvgIpc) is 2.93. The molecule has 3 saturated carbocycles. The lowest BCUT2D eigenvalue weighted by Gasteiger charge is -2.59. The Morgan fingerprint density at radius 2 is 1.84 bits per heavy atom. The standard InChI is InChI=1S/C22H33FO2/c1-13-10-14-11-15(25)6-8-21(14,2)18-7-9-22(3)16(19(23)12-24)4-5-17(22)20(13)18/h10,13,15,17-18,20,24-25H,4-9,11-12H2,1-3H3/t13-,15+,17+,18+,20+,21+,22-/m1/s1. The van der Waals surface area contributed by atoms with Crippen molar-refractivity contribution in [3.05, 3.63) is 23.0 Å². The normalized spacial score (nSPS) is 51.3. The summed E-state index contributed by atoms with van der Waals surface area (Å²) >= 11 is 0. The highest BCUT2D eigenvalue weighted by Gasteiger charge is 2.59. The molecule has 0 aromatic heterocycles. The fraction of sp³-hybridized carbons (Fsp3) is 0.818. The van der Waals surface area contributed by atoms with Crippen LogP contribution in [0, 0.1) is 34.5 Å². The van der Waals surface area contributed by atoms with E-state index in [0.29, 0.717) is 23.7 Å². The monoisotopic (exact) mass is 348 g/mol. The number of aliphatic hydroxyl groups is 2. The summed E-state index contributed by atoms with van der Waals surface area (Å²) in [7, 11) is 0. The first kappa shape index (κ1) is 17.7. The molecule has 0 aromatic carbocycles. The van der Waals surface area contributed by atoms with Crippen LogP contribution in [0.4, 0.5) is 4.39 Å². The van der Waals surface area contributed by atoms with E-state index in [0.717, 1.165) is 50.5 Å². The van der Waals surface area contributed by atoms with Gasteiger partial charge in [-0.05, 0) is 85.0 Å². The van der Waals surface area contributed by atoms with E-state index in [4.69, 9.17) is 0 Å². The van der Waals surface area contributed by atoms with Crippen molar-refractivity contribution < 1.29 is 14.6 Å². The Balaban J connectivity index is 1.73. The third-order valence-electron chi connectivity index (χ3n) is 8.66. The molecule has 0 heterocycles. The van der Waals surface area contributed by atoms with Crippen LogP contribution >= 0.6 is 0 Å². The predicted molar refractivity (Wildman–Crippen MR) is 97.5 cm³/mol. The van der Waals surface area contributed by atoms with Gasteiger partial charge in [0.05, 0.1) is 12.7 Å². The summed E-state index contributed by atoms with van der Waals surface area (Å²) in [4.78, 5) is 0. The number of halogens is 1. The Morgan fingerprint density at radius 3 is 2.56 bits per heavy atom. The molecule has 0 spiro atoms. The summed E-state index contributed by atoms with van der Waals surface area (Å²) in [6.45, 7) is 6.57. The topological polar surface area (TPSA) is 40.5 Å². The molecule has 2 N–H and O–H groups in total. The van der Waals surface area contributed by atoms with Gasteiger partial charge in [-0.15, -0.1) is 0 Å². The minimum Gasteiger partial charge on any atom is -0.393 e. The fourth-order valence-electron chi connectivity index (χ4n) is 7.35. The van der Waals surface area contributed by atoms with E-state index in [9.17, 15) is 14.6 Å². The molecule has 3 fully saturated rings. The van der Waals surface area contributed by atoms with Crippen molar-refractivity contribution in [2.45, 2.75) is 71.8 Å². The molecule has 7 atom stereocenters. The average molecular weight is 349 g/mol. The second-order valence-corrected chi connectivity index (χ2v) is 9.69. The van der Waals surface area contributed by atoms with Crippen molar-refractivity contribution in [2.75, 3.05) is 6.61 Å². The smallest absolute Gasteiger partial charge is 0.125 e. The van der Waals surface area contributed by atoms with Gasteiger partial charge in [0.1, 0.15) is 5.83 Å². The first-order valence-corrected chi connectivity index (χ1v) is 10.2. The number of allylic oxidation sites excluding steroid dienone is 2. The van der Waals surface area contributed by atoms with E-state index >= 15 is 0 Å². The quantitative estimate of drug-likeness (QED) is 0.670. The van der Waals surface area contributed by atoms with Gasteiger partial charge in [-0.25, -0.2) is 4.39 Å². The maximum absolute atomic E-state index is 14.4. The zero-order valence-electron chi connectivity index (χ0n) is 15.9. The van der Waals surface area contributed by atoms with Crippen molar-refractivity contribution in [2.24, 2.45) is 34.5 Å². The minimum absolute atomic E-state index is 0.0713. The van der Waals surface area contributed by atoms with Crippen molar-refractivity contribution in [1.82, 2.24) is 0 Å². The minimum atomic E-state index is -0.444. The van der Waals surface area contributed by atoms with Crippen LogP contribution in [0.25, 0.3) is 0 Å². The van der Waals surface area contributed by atoms with Gasteiger partial charge >= 0.3 is 0 Å². The Bertz CT molecular complexity index is 624. The molecule has 0 bridgehead atoms. The van der Waals surface area contributed by atoms with Crippen LogP contribution in [-0.4, -0.2) is 22.9 Å². The van der Waals surface area contributed by atoms with Crippen LogP contribution in [0.1, 0.15) is 65.7 Å². The highest BCUT2D eigenvalue weighted by atomic mass is 19.1. The summed E-state index contributed by atoms with van der Waals surface area (Å²) in [5, 5.41) is 19.5. The molecular weight excluding hydrogens is 315 g/mol. The summed E-state index contributed by atoms with van der Waals surface area (Å²) < 4.78 is 14.4. The number of rotatable bonds is 1. The Kier molecular flexibility index (Phi) is 4.20. The second-order valence-electron chi connectivity index (χ2n) is 9.69. The second kappa shape index (κ2) is 5.92. The maximum Gasteiger partial charge on any atom is 0.125 e. The largest absolute Gasteiger partial charge is 0.393 e. The van der Waals surface area contributed by atoms with Crippen LogP contribution in [0.2, 0.25) is 0 Å². The third-order valence-corrected chi connectivity index (χ3v) is 8.66.